The average molecular weight is 591 g/mol. The average Bonchev–Trinajstić information content (AvgIpc) is 3.07. The Labute approximate surface area is 243 Å². The quantitative estimate of drug-likeness (QED) is 0.364. The molecule has 2 aliphatic carbocycles. The number of hydrogen-bond acceptors (Lipinski definition) is 12. The van der Waals surface area contributed by atoms with E-state index in [1.807, 2.05) is 0 Å². The summed E-state index contributed by atoms with van der Waals surface area (Å²) >= 11 is 0. The first-order valence-electron chi connectivity index (χ1n) is 13.9. The van der Waals surface area contributed by atoms with Crippen LogP contribution in [0.4, 0.5) is 0 Å². The van der Waals surface area contributed by atoms with Crippen LogP contribution in [0, 0.1) is 17.3 Å². The first kappa shape index (κ1) is 31.4. The van der Waals surface area contributed by atoms with Crippen LogP contribution in [0.25, 0.3) is 0 Å². The summed E-state index contributed by atoms with van der Waals surface area (Å²) in [5.74, 6) is -5.15. The molecule has 0 aromatic heterocycles. The molecule has 1 spiro atoms. The van der Waals surface area contributed by atoms with Crippen LogP contribution < -0.4 is 0 Å². The van der Waals surface area contributed by atoms with Crippen molar-refractivity contribution in [2.24, 2.45) is 17.3 Å². The van der Waals surface area contributed by atoms with E-state index in [1.165, 1.54) is 32.9 Å². The highest BCUT2D eigenvalue weighted by molar-refractivity contribution is 5.89. The number of benzene rings is 1. The number of fused-ring (bicyclic) bond motifs is 1. The summed E-state index contributed by atoms with van der Waals surface area (Å²) < 4.78 is 35.9. The lowest BCUT2D eigenvalue weighted by molar-refractivity contribution is -0.328. The van der Waals surface area contributed by atoms with E-state index in [0.29, 0.717) is 0 Å². The summed E-state index contributed by atoms with van der Waals surface area (Å²) in [5.41, 5.74) is -4.62. The fraction of sp³-hybridized carbons (Fsp3) is 0.633. The number of aliphatic hydroxyl groups excluding tert-OH is 1. The highest BCUT2D eigenvalue weighted by atomic mass is 16.6. The van der Waals surface area contributed by atoms with Crippen molar-refractivity contribution < 1.29 is 57.5 Å². The Bertz CT molecular complexity index is 1240. The van der Waals surface area contributed by atoms with Crippen LogP contribution >= 0.6 is 0 Å². The van der Waals surface area contributed by atoms with Gasteiger partial charge in [-0.25, -0.2) is 4.79 Å². The fourth-order valence-corrected chi connectivity index (χ4v) is 7.47. The van der Waals surface area contributed by atoms with E-state index in [-0.39, 0.29) is 12.0 Å². The van der Waals surface area contributed by atoms with Gasteiger partial charge in [0.15, 0.2) is 6.10 Å². The third kappa shape index (κ3) is 5.04. The van der Waals surface area contributed by atoms with Crippen molar-refractivity contribution in [3.05, 3.63) is 35.9 Å². The van der Waals surface area contributed by atoms with E-state index in [9.17, 15) is 29.1 Å². The van der Waals surface area contributed by atoms with Gasteiger partial charge in [0.25, 0.3) is 0 Å². The van der Waals surface area contributed by atoms with E-state index >= 15 is 0 Å². The molecule has 12 nitrogen and oxygen atoms in total. The highest BCUT2D eigenvalue weighted by Crippen LogP contribution is 2.68. The minimum Gasteiger partial charge on any atom is -0.465 e. The highest BCUT2D eigenvalue weighted by Gasteiger charge is 2.85. The molecule has 1 aromatic carbocycles. The smallest absolute Gasteiger partial charge is 0.338 e. The number of aliphatic hydroxyl groups is 1. The molecule has 2 bridgehead atoms. The zero-order valence-corrected chi connectivity index (χ0v) is 24.8. The molecule has 3 fully saturated rings. The minimum atomic E-state index is -1.95. The molecule has 9 atom stereocenters. The summed E-state index contributed by atoms with van der Waals surface area (Å²) in [6, 6.07) is 8.04. The molecular formula is C30H38O12. The van der Waals surface area contributed by atoms with Crippen molar-refractivity contribution in [2.75, 3.05) is 6.61 Å². The lowest BCUT2D eigenvalue weighted by Crippen LogP contribution is -2.81. The first-order valence-corrected chi connectivity index (χ1v) is 13.9. The van der Waals surface area contributed by atoms with E-state index in [0.717, 1.165) is 6.92 Å². The predicted molar refractivity (Wildman–Crippen MR) is 143 cm³/mol. The van der Waals surface area contributed by atoms with Gasteiger partial charge >= 0.3 is 29.8 Å². The Morgan fingerprint density at radius 1 is 0.857 bits per heavy atom. The van der Waals surface area contributed by atoms with E-state index in [1.54, 1.807) is 39.0 Å². The van der Waals surface area contributed by atoms with Crippen LogP contribution in [0.5, 0.6) is 0 Å². The van der Waals surface area contributed by atoms with Crippen LogP contribution in [0.2, 0.25) is 0 Å². The van der Waals surface area contributed by atoms with Crippen molar-refractivity contribution in [3.8, 4) is 0 Å². The number of rotatable bonds is 7. The van der Waals surface area contributed by atoms with Gasteiger partial charge in [0, 0.05) is 27.7 Å². The summed E-state index contributed by atoms with van der Waals surface area (Å²) in [4.78, 5) is 63.2. The molecular weight excluding hydrogens is 552 g/mol. The SMILES string of the molecule is CC(=O)OC[C@]12[C@H](OC(=O)c3ccccc3)[C@H](OC(C)=O)[C@@H]3[C@H](OC(C)=O)[C@]1(OC3(C)C)[C@H](C)C[C@H](OC(C)=O)[C@@H]2O. The number of esters is 5. The van der Waals surface area contributed by atoms with Gasteiger partial charge in [-0.2, -0.15) is 0 Å². The second-order valence-corrected chi connectivity index (χ2v) is 11.9. The second kappa shape index (κ2) is 11.3. The maximum atomic E-state index is 13.6. The zero-order valence-electron chi connectivity index (χ0n) is 24.8. The summed E-state index contributed by atoms with van der Waals surface area (Å²) in [6.45, 7) is 9.31. The fourth-order valence-electron chi connectivity index (χ4n) is 7.47. The number of hydrogen-bond donors (Lipinski definition) is 1. The molecule has 1 N–H and O–H groups in total. The summed E-state index contributed by atoms with van der Waals surface area (Å²) in [6.07, 6.45) is -6.81. The number of carbonyl (C=O) groups excluding carboxylic acids is 5. The predicted octanol–water partition coefficient (Wildman–Crippen LogP) is 2.13. The summed E-state index contributed by atoms with van der Waals surface area (Å²) in [7, 11) is 0. The van der Waals surface area contributed by atoms with Gasteiger partial charge in [0.2, 0.25) is 0 Å². The molecule has 3 aliphatic rings. The van der Waals surface area contributed by atoms with Crippen LogP contribution in [0.1, 0.15) is 65.2 Å². The largest absolute Gasteiger partial charge is 0.465 e. The van der Waals surface area contributed by atoms with Gasteiger partial charge in [0.1, 0.15) is 42.0 Å². The molecule has 1 saturated heterocycles. The molecule has 42 heavy (non-hydrogen) atoms. The maximum absolute atomic E-state index is 13.6. The van der Waals surface area contributed by atoms with E-state index in [2.05, 4.69) is 0 Å². The molecule has 1 aliphatic heterocycles. The van der Waals surface area contributed by atoms with Crippen molar-refractivity contribution in [3.63, 3.8) is 0 Å². The van der Waals surface area contributed by atoms with Gasteiger partial charge in [-0.05, 0) is 38.3 Å². The third-order valence-electron chi connectivity index (χ3n) is 8.74. The maximum Gasteiger partial charge on any atom is 0.338 e. The molecule has 4 rings (SSSR count). The minimum absolute atomic E-state index is 0.0702. The van der Waals surface area contributed by atoms with Crippen molar-refractivity contribution >= 4 is 29.8 Å². The van der Waals surface area contributed by atoms with Gasteiger partial charge in [-0.15, -0.1) is 0 Å². The Morgan fingerprint density at radius 3 is 2.00 bits per heavy atom. The summed E-state index contributed by atoms with van der Waals surface area (Å²) in [5, 5.41) is 12.2. The Kier molecular flexibility index (Phi) is 8.45. The normalized spacial score (nSPS) is 36.1. The Morgan fingerprint density at radius 2 is 1.45 bits per heavy atom. The first-order chi connectivity index (χ1) is 19.6. The monoisotopic (exact) mass is 590 g/mol. The van der Waals surface area contributed by atoms with Crippen molar-refractivity contribution in [2.45, 2.75) is 96.6 Å². The molecule has 0 unspecified atom stereocenters. The Hall–Kier alpha value is -3.51. The zero-order chi connectivity index (χ0) is 31.2. The Balaban J connectivity index is 2.05. The third-order valence-corrected chi connectivity index (χ3v) is 8.74. The topological polar surface area (TPSA) is 161 Å². The van der Waals surface area contributed by atoms with Crippen LogP contribution in [0.3, 0.4) is 0 Å². The molecule has 230 valence electrons. The molecule has 0 radical (unpaired) electrons. The van der Waals surface area contributed by atoms with Crippen LogP contribution in [-0.2, 0) is 47.6 Å². The molecule has 2 saturated carbocycles. The number of carbonyl (C=O) groups is 5. The van der Waals surface area contributed by atoms with Crippen LogP contribution in [-0.4, -0.2) is 83.3 Å². The van der Waals surface area contributed by atoms with Gasteiger partial charge < -0.3 is 33.5 Å². The molecule has 12 heteroatoms. The number of ether oxygens (including phenoxy) is 6. The molecule has 0 amide bonds. The van der Waals surface area contributed by atoms with Crippen molar-refractivity contribution in [1.29, 1.82) is 0 Å². The van der Waals surface area contributed by atoms with E-state index in [4.69, 9.17) is 28.4 Å². The van der Waals surface area contributed by atoms with Gasteiger partial charge in [-0.1, -0.05) is 25.1 Å². The standard InChI is InChI=1S/C30H38O12/c1-15-13-21(38-17(3)32)24(35)29(14-37-16(2)31)26(41-27(36)20-11-9-8-10-12-20)23(39-18(4)33)22-25(40-19(5)34)30(15,29)42-28(22,6)7/h8-12,15,21-26,35H,13-14H2,1-7H3/t15-,21+,22-,23-,24+,25+,26-,29+,30-/m1/s1. The van der Waals surface area contributed by atoms with Gasteiger partial charge in [0.05, 0.1) is 17.1 Å². The molecule has 1 heterocycles. The van der Waals surface area contributed by atoms with Crippen molar-refractivity contribution in [1.82, 2.24) is 0 Å². The van der Waals surface area contributed by atoms with Crippen LogP contribution in [0.15, 0.2) is 30.3 Å². The second-order valence-electron chi connectivity index (χ2n) is 11.9. The van der Waals surface area contributed by atoms with E-state index < -0.39 is 95.4 Å². The van der Waals surface area contributed by atoms with Gasteiger partial charge in [-0.3, -0.25) is 19.2 Å². The lowest BCUT2D eigenvalue weighted by atomic mass is 9.47. The molecule has 1 aromatic rings. The lowest BCUT2D eigenvalue weighted by Gasteiger charge is -2.64.